The number of anilines is 1. The Morgan fingerprint density at radius 2 is 2.00 bits per heavy atom. The molecular formula is C14H13ClFNO. The van der Waals surface area contributed by atoms with E-state index in [-0.39, 0.29) is 18.2 Å². The average molecular weight is 266 g/mol. The first kappa shape index (κ1) is 12.7. The van der Waals surface area contributed by atoms with Crippen LogP contribution in [0.4, 0.5) is 10.1 Å². The molecule has 0 saturated heterocycles. The summed E-state index contributed by atoms with van der Waals surface area (Å²) in [5, 5.41) is 0.576. The molecule has 0 heterocycles. The van der Waals surface area contributed by atoms with Crippen LogP contribution >= 0.6 is 11.6 Å². The maximum Gasteiger partial charge on any atom is 0.165 e. The summed E-state index contributed by atoms with van der Waals surface area (Å²) < 4.78 is 18.9. The van der Waals surface area contributed by atoms with Gasteiger partial charge in [-0.2, -0.15) is 0 Å². The Labute approximate surface area is 110 Å². The molecule has 2 N–H and O–H groups in total. The second kappa shape index (κ2) is 5.27. The van der Waals surface area contributed by atoms with Crippen molar-refractivity contribution < 1.29 is 9.13 Å². The van der Waals surface area contributed by atoms with Crippen LogP contribution in [0.3, 0.4) is 0 Å². The first-order valence-electron chi connectivity index (χ1n) is 5.49. The number of rotatable bonds is 3. The van der Waals surface area contributed by atoms with Crippen molar-refractivity contribution in [1.82, 2.24) is 0 Å². The summed E-state index contributed by atoms with van der Waals surface area (Å²) >= 11 is 5.87. The molecule has 0 aliphatic rings. The zero-order valence-corrected chi connectivity index (χ0v) is 10.7. The molecule has 0 fully saturated rings. The predicted octanol–water partition coefficient (Wildman–Crippen LogP) is 3.95. The summed E-state index contributed by atoms with van der Waals surface area (Å²) in [6.07, 6.45) is 0. The van der Waals surface area contributed by atoms with Crippen LogP contribution in [0, 0.1) is 12.7 Å². The van der Waals surface area contributed by atoms with E-state index >= 15 is 0 Å². The maximum atomic E-state index is 13.5. The molecule has 0 aliphatic heterocycles. The zero-order chi connectivity index (χ0) is 13.1. The molecule has 2 rings (SSSR count). The van der Waals surface area contributed by atoms with Crippen LogP contribution in [0.15, 0.2) is 36.4 Å². The molecule has 0 radical (unpaired) electrons. The second-order valence-electron chi connectivity index (χ2n) is 4.07. The Kier molecular flexibility index (Phi) is 3.72. The summed E-state index contributed by atoms with van der Waals surface area (Å²) in [6, 6.07) is 9.84. The van der Waals surface area contributed by atoms with Gasteiger partial charge in [-0.3, -0.25) is 0 Å². The lowest BCUT2D eigenvalue weighted by Gasteiger charge is -2.10. The summed E-state index contributed by atoms with van der Waals surface area (Å²) in [5.74, 6) is -0.171. The van der Waals surface area contributed by atoms with Gasteiger partial charge in [0.05, 0.1) is 0 Å². The average Bonchev–Trinajstić information content (AvgIpc) is 2.34. The van der Waals surface area contributed by atoms with Crippen LogP contribution in [-0.2, 0) is 6.61 Å². The number of hydrogen-bond acceptors (Lipinski definition) is 2. The standard InChI is InChI=1S/C14H13ClFNO/c1-9-2-4-12(16)14(6-9)18-8-10-7-11(15)3-5-13(10)17/h2-7H,8,17H2,1H3. The minimum absolute atomic E-state index is 0.187. The molecule has 0 unspecified atom stereocenters. The summed E-state index contributed by atoms with van der Waals surface area (Å²) in [5.41, 5.74) is 8.04. The van der Waals surface area contributed by atoms with Gasteiger partial charge >= 0.3 is 0 Å². The molecule has 0 atom stereocenters. The van der Waals surface area contributed by atoms with Gasteiger partial charge in [-0.15, -0.1) is 0 Å². The van der Waals surface area contributed by atoms with Gasteiger partial charge in [0.2, 0.25) is 0 Å². The third kappa shape index (κ3) is 2.93. The number of nitrogens with two attached hydrogens (primary N) is 1. The van der Waals surface area contributed by atoms with Gasteiger partial charge in [-0.1, -0.05) is 17.7 Å². The largest absolute Gasteiger partial charge is 0.486 e. The van der Waals surface area contributed by atoms with E-state index in [0.29, 0.717) is 10.7 Å². The van der Waals surface area contributed by atoms with E-state index in [2.05, 4.69) is 0 Å². The number of nitrogen functional groups attached to an aromatic ring is 1. The van der Waals surface area contributed by atoms with Crippen LogP contribution in [0.25, 0.3) is 0 Å². The van der Waals surface area contributed by atoms with Crippen molar-refractivity contribution in [1.29, 1.82) is 0 Å². The van der Waals surface area contributed by atoms with Gasteiger partial charge in [0.15, 0.2) is 11.6 Å². The van der Waals surface area contributed by atoms with Crippen molar-refractivity contribution in [3.8, 4) is 5.75 Å². The van der Waals surface area contributed by atoms with Crippen molar-refractivity contribution in [2.24, 2.45) is 0 Å². The monoisotopic (exact) mass is 265 g/mol. The van der Waals surface area contributed by atoms with Gasteiger partial charge in [0.1, 0.15) is 6.61 Å². The fraction of sp³-hybridized carbons (Fsp3) is 0.143. The summed E-state index contributed by atoms with van der Waals surface area (Å²) in [4.78, 5) is 0. The molecule has 0 spiro atoms. The summed E-state index contributed by atoms with van der Waals surface area (Å²) in [6.45, 7) is 2.06. The number of benzene rings is 2. The van der Waals surface area contributed by atoms with Crippen LogP contribution in [0.1, 0.15) is 11.1 Å². The van der Waals surface area contributed by atoms with Crippen molar-refractivity contribution in [3.05, 3.63) is 58.4 Å². The van der Waals surface area contributed by atoms with Crippen LogP contribution in [0.2, 0.25) is 5.02 Å². The van der Waals surface area contributed by atoms with Gasteiger partial charge < -0.3 is 10.5 Å². The van der Waals surface area contributed by atoms with E-state index in [9.17, 15) is 4.39 Å². The van der Waals surface area contributed by atoms with E-state index in [1.54, 1.807) is 30.3 Å². The van der Waals surface area contributed by atoms with E-state index in [1.165, 1.54) is 6.07 Å². The molecule has 0 aromatic heterocycles. The molecular weight excluding hydrogens is 253 g/mol. The first-order valence-corrected chi connectivity index (χ1v) is 5.87. The molecule has 2 aromatic rings. The Morgan fingerprint density at radius 1 is 1.22 bits per heavy atom. The quantitative estimate of drug-likeness (QED) is 0.853. The third-order valence-electron chi connectivity index (χ3n) is 2.57. The molecule has 0 bridgehead atoms. The number of aryl methyl sites for hydroxylation is 1. The van der Waals surface area contributed by atoms with Gasteiger partial charge in [-0.25, -0.2) is 4.39 Å². The minimum Gasteiger partial charge on any atom is -0.486 e. The Balaban J connectivity index is 2.16. The van der Waals surface area contributed by atoms with E-state index in [4.69, 9.17) is 22.1 Å². The Hall–Kier alpha value is -1.74. The molecule has 2 aromatic carbocycles. The fourth-order valence-electron chi connectivity index (χ4n) is 1.58. The van der Waals surface area contributed by atoms with Crippen LogP contribution in [-0.4, -0.2) is 0 Å². The van der Waals surface area contributed by atoms with E-state index < -0.39 is 0 Å². The van der Waals surface area contributed by atoms with Crippen molar-refractivity contribution >= 4 is 17.3 Å². The molecule has 0 amide bonds. The third-order valence-corrected chi connectivity index (χ3v) is 2.81. The van der Waals surface area contributed by atoms with Crippen LogP contribution < -0.4 is 10.5 Å². The van der Waals surface area contributed by atoms with Crippen molar-refractivity contribution in [2.45, 2.75) is 13.5 Å². The van der Waals surface area contributed by atoms with E-state index in [1.807, 2.05) is 6.92 Å². The van der Waals surface area contributed by atoms with Gasteiger partial charge in [-0.05, 0) is 42.8 Å². The van der Waals surface area contributed by atoms with Crippen LogP contribution in [0.5, 0.6) is 5.75 Å². The highest BCUT2D eigenvalue weighted by Crippen LogP contribution is 2.23. The number of halogens is 2. The number of hydrogen-bond donors (Lipinski definition) is 1. The van der Waals surface area contributed by atoms with E-state index in [0.717, 1.165) is 11.1 Å². The lowest BCUT2D eigenvalue weighted by Crippen LogP contribution is -2.01. The van der Waals surface area contributed by atoms with Gasteiger partial charge in [0, 0.05) is 16.3 Å². The fourth-order valence-corrected chi connectivity index (χ4v) is 1.77. The Morgan fingerprint density at radius 3 is 2.78 bits per heavy atom. The molecule has 0 saturated carbocycles. The number of ether oxygens (including phenoxy) is 1. The molecule has 2 nitrogen and oxygen atoms in total. The highest BCUT2D eigenvalue weighted by molar-refractivity contribution is 6.30. The topological polar surface area (TPSA) is 35.2 Å². The lowest BCUT2D eigenvalue weighted by molar-refractivity contribution is 0.290. The predicted molar refractivity (Wildman–Crippen MR) is 71.3 cm³/mol. The zero-order valence-electron chi connectivity index (χ0n) is 9.91. The highest BCUT2D eigenvalue weighted by atomic mass is 35.5. The second-order valence-corrected chi connectivity index (χ2v) is 4.50. The molecule has 94 valence electrons. The Bertz CT molecular complexity index is 520. The highest BCUT2D eigenvalue weighted by Gasteiger charge is 2.06. The minimum atomic E-state index is -0.388. The van der Waals surface area contributed by atoms with Gasteiger partial charge in [0.25, 0.3) is 0 Å². The lowest BCUT2D eigenvalue weighted by atomic mass is 10.2. The normalized spacial score (nSPS) is 10.4. The maximum absolute atomic E-state index is 13.5. The first-order chi connectivity index (χ1) is 8.56. The SMILES string of the molecule is Cc1ccc(F)c(OCc2cc(Cl)ccc2N)c1. The molecule has 4 heteroatoms. The van der Waals surface area contributed by atoms with Crippen molar-refractivity contribution in [3.63, 3.8) is 0 Å². The molecule has 18 heavy (non-hydrogen) atoms. The molecule has 0 aliphatic carbocycles. The smallest absolute Gasteiger partial charge is 0.165 e. The summed E-state index contributed by atoms with van der Waals surface area (Å²) in [7, 11) is 0. The van der Waals surface area contributed by atoms with Crippen molar-refractivity contribution in [2.75, 3.05) is 5.73 Å².